The number of hydrogen-bond acceptors (Lipinski definition) is 6. The average molecular weight is 281 g/mol. The number of amides is 1. The second-order valence-corrected chi connectivity index (χ2v) is 5.03. The molecule has 1 amide bonds. The lowest BCUT2D eigenvalue weighted by Crippen LogP contribution is -2.41. The molecular weight excluding hydrogens is 258 g/mol. The summed E-state index contributed by atoms with van der Waals surface area (Å²) in [5, 5.41) is 14.1. The number of aromatic nitrogens is 2. The van der Waals surface area contributed by atoms with Gasteiger partial charge in [0.05, 0.1) is 6.54 Å². The first-order chi connectivity index (χ1) is 9.63. The molecule has 0 radical (unpaired) electrons. The van der Waals surface area contributed by atoms with Crippen molar-refractivity contribution in [1.82, 2.24) is 20.4 Å². The SMILES string of the molecule is CCN(CC)C(=O)C(C)Nc1nnc(CNC2CC2)o1. The smallest absolute Gasteiger partial charge is 0.316 e. The predicted molar refractivity (Wildman–Crippen MR) is 75.2 cm³/mol. The van der Waals surface area contributed by atoms with Crippen LogP contribution in [0.4, 0.5) is 6.01 Å². The number of hydrogen-bond donors (Lipinski definition) is 2. The van der Waals surface area contributed by atoms with Crippen LogP contribution in [-0.2, 0) is 11.3 Å². The number of anilines is 1. The molecule has 0 aromatic carbocycles. The van der Waals surface area contributed by atoms with Crippen LogP contribution in [-0.4, -0.2) is 46.2 Å². The minimum absolute atomic E-state index is 0.0332. The van der Waals surface area contributed by atoms with Crippen molar-refractivity contribution in [2.45, 2.75) is 52.2 Å². The number of nitrogens with one attached hydrogen (secondary N) is 2. The van der Waals surface area contributed by atoms with E-state index in [0.29, 0.717) is 37.6 Å². The van der Waals surface area contributed by atoms with Gasteiger partial charge in [-0.05, 0) is 33.6 Å². The van der Waals surface area contributed by atoms with E-state index in [4.69, 9.17) is 4.42 Å². The highest BCUT2D eigenvalue weighted by Crippen LogP contribution is 2.19. The predicted octanol–water partition coefficient (Wildman–Crippen LogP) is 0.990. The van der Waals surface area contributed by atoms with E-state index in [2.05, 4.69) is 20.8 Å². The van der Waals surface area contributed by atoms with Gasteiger partial charge in [-0.25, -0.2) is 0 Å². The summed E-state index contributed by atoms with van der Waals surface area (Å²) in [6.45, 7) is 7.69. The number of likely N-dealkylation sites (N-methyl/N-ethyl adjacent to an activating group) is 1. The molecule has 2 N–H and O–H groups in total. The Balaban J connectivity index is 1.83. The fourth-order valence-corrected chi connectivity index (χ4v) is 1.96. The number of carbonyl (C=O) groups excluding carboxylic acids is 1. The van der Waals surface area contributed by atoms with E-state index in [9.17, 15) is 4.79 Å². The van der Waals surface area contributed by atoms with Crippen LogP contribution in [0.2, 0.25) is 0 Å². The summed E-state index contributed by atoms with van der Waals surface area (Å²) in [6.07, 6.45) is 2.43. The zero-order chi connectivity index (χ0) is 14.5. The summed E-state index contributed by atoms with van der Waals surface area (Å²) in [5.74, 6) is 0.577. The van der Waals surface area contributed by atoms with Crippen molar-refractivity contribution >= 4 is 11.9 Å². The zero-order valence-corrected chi connectivity index (χ0v) is 12.3. The first kappa shape index (κ1) is 14.8. The molecule has 1 atom stereocenters. The molecule has 1 saturated carbocycles. The van der Waals surface area contributed by atoms with Crippen molar-refractivity contribution in [3.05, 3.63) is 5.89 Å². The maximum Gasteiger partial charge on any atom is 0.316 e. The van der Waals surface area contributed by atoms with Gasteiger partial charge in [0.1, 0.15) is 6.04 Å². The molecule has 1 aliphatic carbocycles. The highest BCUT2D eigenvalue weighted by Gasteiger charge is 2.22. The van der Waals surface area contributed by atoms with Gasteiger partial charge in [-0.1, -0.05) is 5.10 Å². The minimum Gasteiger partial charge on any atom is -0.407 e. The first-order valence-corrected chi connectivity index (χ1v) is 7.25. The van der Waals surface area contributed by atoms with Crippen molar-refractivity contribution in [3.8, 4) is 0 Å². The van der Waals surface area contributed by atoms with Crippen LogP contribution in [0.3, 0.4) is 0 Å². The molecule has 0 spiro atoms. The van der Waals surface area contributed by atoms with Crippen molar-refractivity contribution in [2.75, 3.05) is 18.4 Å². The molecule has 0 saturated heterocycles. The van der Waals surface area contributed by atoms with Gasteiger partial charge in [-0.3, -0.25) is 4.79 Å². The van der Waals surface area contributed by atoms with E-state index in [1.807, 2.05) is 13.8 Å². The number of nitrogens with zero attached hydrogens (tertiary/aromatic N) is 3. The van der Waals surface area contributed by atoms with Crippen LogP contribution in [0.1, 0.15) is 39.5 Å². The highest BCUT2D eigenvalue weighted by atomic mass is 16.4. The lowest BCUT2D eigenvalue weighted by atomic mass is 10.3. The van der Waals surface area contributed by atoms with Crippen molar-refractivity contribution in [2.24, 2.45) is 0 Å². The van der Waals surface area contributed by atoms with Gasteiger partial charge >= 0.3 is 6.01 Å². The third kappa shape index (κ3) is 3.93. The Hall–Kier alpha value is -1.63. The molecule has 0 aliphatic heterocycles. The van der Waals surface area contributed by atoms with Crippen LogP contribution in [0.25, 0.3) is 0 Å². The molecule has 1 aliphatic rings. The molecule has 112 valence electrons. The molecule has 0 bridgehead atoms. The molecule has 7 nitrogen and oxygen atoms in total. The number of rotatable bonds is 8. The lowest BCUT2D eigenvalue weighted by Gasteiger charge is -2.22. The van der Waals surface area contributed by atoms with Gasteiger partial charge in [0.25, 0.3) is 0 Å². The fraction of sp³-hybridized carbons (Fsp3) is 0.769. The molecular formula is C13H23N5O2. The van der Waals surface area contributed by atoms with Crippen LogP contribution < -0.4 is 10.6 Å². The quantitative estimate of drug-likeness (QED) is 0.739. The van der Waals surface area contributed by atoms with Crippen LogP contribution in [0, 0.1) is 0 Å². The largest absolute Gasteiger partial charge is 0.407 e. The van der Waals surface area contributed by atoms with Gasteiger partial charge in [0, 0.05) is 19.1 Å². The van der Waals surface area contributed by atoms with E-state index >= 15 is 0 Å². The van der Waals surface area contributed by atoms with E-state index < -0.39 is 0 Å². The number of carbonyl (C=O) groups is 1. The Morgan fingerprint density at radius 1 is 1.40 bits per heavy atom. The van der Waals surface area contributed by atoms with Crippen molar-refractivity contribution in [3.63, 3.8) is 0 Å². The van der Waals surface area contributed by atoms with Gasteiger partial charge < -0.3 is 20.0 Å². The summed E-state index contributed by atoms with van der Waals surface area (Å²) in [6, 6.07) is 0.520. The summed E-state index contributed by atoms with van der Waals surface area (Å²) < 4.78 is 5.46. The summed E-state index contributed by atoms with van der Waals surface area (Å²) in [7, 11) is 0. The first-order valence-electron chi connectivity index (χ1n) is 7.25. The molecule has 20 heavy (non-hydrogen) atoms. The van der Waals surface area contributed by atoms with Gasteiger partial charge in [0.15, 0.2) is 0 Å². The van der Waals surface area contributed by atoms with Gasteiger partial charge in [0.2, 0.25) is 11.8 Å². The van der Waals surface area contributed by atoms with Crippen LogP contribution in [0.5, 0.6) is 0 Å². The Morgan fingerprint density at radius 3 is 2.70 bits per heavy atom. The monoisotopic (exact) mass is 281 g/mol. The maximum absolute atomic E-state index is 12.1. The third-order valence-electron chi connectivity index (χ3n) is 3.37. The standard InChI is InChI=1S/C13H23N5O2/c1-4-18(5-2)12(19)9(3)15-13-17-16-11(20-13)8-14-10-6-7-10/h9-10,14H,4-8H2,1-3H3,(H,15,17). The molecule has 1 heterocycles. The summed E-state index contributed by atoms with van der Waals surface area (Å²) in [4.78, 5) is 13.9. The van der Waals surface area contributed by atoms with Gasteiger partial charge in [-0.15, -0.1) is 5.10 Å². The second-order valence-electron chi connectivity index (χ2n) is 5.03. The molecule has 7 heteroatoms. The van der Waals surface area contributed by atoms with E-state index in [-0.39, 0.29) is 11.9 Å². The summed E-state index contributed by atoms with van der Waals surface area (Å²) in [5.41, 5.74) is 0. The molecule has 1 aromatic heterocycles. The normalized spacial score (nSPS) is 15.9. The van der Waals surface area contributed by atoms with E-state index in [0.717, 1.165) is 0 Å². The highest BCUT2D eigenvalue weighted by molar-refractivity contribution is 5.83. The van der Waals surface area contributed by atoms with E-state index in [1.165, 1.54) is 12.8 Å². The van der Waals surface area contributed by atoms with Crippen molar-refractivity contribution in [1.29, 1.82) is 0 Å². The summed E-state index contributed by atoms with van der Waals surface area (Å²) >= 11 is 0. The van der Waals surface area contributed by atoms with Crippen LogP contribution in [0.15, 0.2) is 4.42 Å². The molecule has 2 rings (SSSR count). The topological polar surface area (TPSA) is 83.3 Å². The minimum atomic E-state index is -0.375. The van der Waals surface area contributed by atoms with E-state index in [1.54, 1.807) is 11.8 Å². The molecule has 1 aromatic rings. The molecule has 1 unspecified atom stereocenters. The lowest BCUT2D eigenvalue weighted by molar-refractivity contribution is -0.131. The Morgan fingerprint density at radius 2 is 2.10 bits per heavy atom. The fourth-order valence-electron chi connectivity index (χ4n) is 1.96. The van der Waals surface area contributed by atoms with Crippen LogP contribution >= 0.6 is 0 Å². The second kappa shape index (κ2) is 6.69. The van der Waals surface area contributed by atoms with Crippen molar-refractivity contribution < 1.29 is 9.21 Å². The molecule has 1 fully saturated rings. The maximum atomic E-state index is 12.1. The zero-order valence-electron chi connectivity index (χ0n) is 12.3. The Kier molecular flexibility index (Phi) is 4.94. The van der Waals surface area contributed by atoms with Gasteiger partial charge in [-0.2, -0.15) is 0 Å². The Bertz CT molecular complexity index is 440. The average Bonchev–Trinajstić information content (AvgIpc) is 3.17. The Labute approximate surface area is 119 Å². The third-order valence-corrected chi connectivity index (χ3v) is 3.37.